The van der Waals surface area contributed by atoms with Crippen molar-refractivity contribution >= 4 is 23.4 Å². The van der Waals surface area contributed by atoms with Gasteiger partial charge in [-0.2, -0.15) is 5.26 Å². The molecule has 0 aliphatic heterocycles. The van der Waals surface area contributed by atoms with Crippen LogP contribution in [-0.2, 0) is 9.53 Å². The maximum Gasteiger partial charge on any atom is 0.325 e. The molecule has 1 aromatic rings. The summed E-state index contributed by atoms with van der Waals surface area (Å²) in [5, 5.41) is 9.47. The van der Waals surface area contributed by atoms with Crippen LogP contribution in [0.3, 0.4) is 0 Å². The van der Waals surface area contributed by atoms with Crippen LogP contribution in [0.25, 0.3) is 0 Å². The summed E-state index contributed by atoms with van der Waals surface area (Å²) in [4.78, 5) is 14.6. The van der Waals surface area contributed by atoms with Crippen molar-refractivity contribution in [2.45, 2.75) is 32.1 Å². The maximum absolute atomic E-state index is 11.8. The molecular formula is C16H22N2O2S. The molecule has 0 aliphatic rings. The number of carbonyl (C=O) groups is 1. The Hall–Kier alpha value is -1.67. The lowest BCUT2D eigenvalue weighted by molar-refractivity contribution is -0.141. The summed E-state index contributed by atoms with van der Waals surface area (Å²) in [6, 6.07) is 8.06. The van der Waals surface area contributed by atoms with Crippen LogP contribution in [0.4, 0.5) is 5.69 Å². The molecule has 21 heavy (non-hydrogen) atoms. The van der Waals surface area contributed by atoms with Gasteiger partial charge in [0.25, 0.3) is 0 Å². The standard InChI is InChI=1S/C16H22N2O2S/c1-4-10-18(12-16(19)20-5-2)14-8-7-9-15(21-6-3)13(14)11-17/h7-9H,4-6,10,12H2,1-3H3. The van der Waals surface area contributed by atoms with Crippen molar-refractivity contribution < 1.29 is 9.53 Å². The second-order valence-electron chi connectivity index (χ2n) is 4.42. The van der Waals surface area contributed by atoms with E-state index >= 15 is 0 Å². The molecule has 0 fully saturated rings. The average molecular weight is 306 g/mol. The lowest BCUT2D eigenvalue weighted by atomic mass is 10.1. The van der Waals surface area contributed by atoms with Gasteiger partial charge in [-0.25, -0.2) is 0 Å². The van der Waals surface area contributed by atoms with Gasteiger partial charge in [0.2, 0.25) is 0 Å². The van der Waals surface area contributed by atoms with E-state index in [2.05, 4.69) is 19.9 Å². The maximum atomic E-state index is 11.8. The Morgan fingerprint density at radius 3 is 2.71 bits per heavy atom. The highest BCUT2D eigenvalue weighted by molar-refractivity contribution is 7.99. The van der Waals surface area contributed by atoms with Crippen LogP contribution in [-0.4, -0.2) is 31.4 Å². The first kappa shape index (κ1) is 17.4. The van der Waals surface area contributed by atoms with E-state index in [9.17, 15) is 10.1 Å². The number of hydrogen-bond donors (Lipinski definition) is 0. The monoisotopic (exact) mass is 306 g/mol. The minimum Gasteiger partial charge on any atom is -0.465 e. The van der Waals surface area contributed by atoms with Gasteiger partial charge in [0.1, 0.15) is 12.6 Å². The first-order valence-electron chi connectivity index (χ1n) is 7.24. The predicted octanol–water partition coefficient (Wildman–Crippen LogP) is 3.45. The number of anilines is 1. The summed E-state index contributed by atoms with van der Waals surface area (Å²) in [5.41, 5.74) is 1.45. The molecule has 4 nitrogen and oxygen atoms in total. The molecule has 0 saturated carbocycles. The van der Waals surface area contributed by atoms with Crippen LogP contribution < -0.4 is 4.90 Å². The number of thioether (sulfide) groups is 1. The Bertz CT molecular complexity index is 511. The Kier molecular flexibility index (Phi) is 7.70. The summed E-state index contributed by atoms with van der Waals surface area (Å²) in [6.45, 7) is 7.16. The van der Waals surface area contributed by atoms with Crippen molar-refractivity contribution in [2.75, 3.05) is 30.3 Å². The average Bonchev–Trinajstić information content (AvgIpc) is 2.47. The Morgan fingerprint density at radius 1 is 1.38 bits per heavy atom. The summed E-state index contributed by atoms with van der Waals surface area (Å²) in [7, 11) is 0. The summed E-state index contributed by atoms with van der Waals surface area (Å²) in [5.74, 6) is 0.646. The second kappa shape index (κ2) is 9.30. The molecule has 1 aromatic carbocycles. The van der Waals surface area contributed by atoms with Crippen molar-refractivity contribution in [1.82, 2.24) is 0 Å². The number of rotatable bonds is 8. The zero-order valence-corrected chi connectivity index (χ0v) is 13.7. The van der Waals surface area contributed by atoms with Crippen LogP contribution in [0.5, 0.6) is 0 Å². The fourth-order valence-electron chi connectivity index (χ4n) is 2.09. The first-order chi connectivity index (χ1) is 10.2. The van der Waals surface area contributed by atoms with Crippen LogP contribution in [0, 0.1) is 11.3 Å². The summed E-state index contributed by atoms with van der Waals surface area (Å²) in [6.07, 6.45) is 0.898. The van der Waals surface area contributed by atoms with E-state index in [1.54, 1.807) is 18.7 Å². The lowest BCUT2D eigenvalue weighted by Crippen LogP contribution is -2.32. The predicted molar refractivity (Wildman–Crippen MR) is 86.7 cm³/mol. The highest BCUT2D eigenvalue weighted by Gasteiger charge is 2.17. The molecule has 0 N–H and O–H groups in total. The molecule has 0 bridgehead atoms. The van der Waals surface area contributed by atoms with Crippen LogP contribution in [0.1, 0.15) is 32.8 Å². The van der Waals surface area contributed by atoms with Gasteiger partial charge in [-0.3, -0.25) is 4.79 Å². The molecule has 0 heterocycles. The van der Waals surface area contributed by atoms with Crippen molar-refractivity contribution in [3.63, 3.8) is 0 Å². The van der Waals surface area contributed by atoms with E-state index in [1.807, 2.05) is 23.1 Å². The molecule has 5 heteroatoms. The lowest BCUT2D eigenvalue weighted by Gasteiger charge is -2.25. The third kappa shape index (κ3) is 4.98. The number of nitrogens with zero attached hydrogens (tertiary/aromatic N) is 2. The van der Waals surface area contributed by atoms with Crippen molar-refractivity contribution in [3.8, 4) is 6.07 Å². The van der Waals surface area contributed by atoms with Gasteiger partial charge in [-0.1, -0.05) is 19.9 Å². The fraction of sp³-hybridized carbons (Fsp3) is 0.500. The first-order valence-corrected chi connectivity index (χ1v) is 8.22. The van der Waals surface area contributed by atoms with E-state index in [1.165, 1.54) is 0 Å². The van der Waals surface area contributed by atoms with Gasteiger partial charge >= 0.3 is 5.97 Å². The zero-order valence-electron chi connectivity index (χ0n) is 12.9. The van der Waals surface area contributed by atoms with Gasteiger partial charge in [0.05, 0.1) is 17.9 Å². The van der Waals surface area contributed by atoms with Crippen LogP contribution >= 0.6 is 11.8 Å². The van der Waals surface area contributed by atoms with E-state index in [0.717, 1.165) is 22.8 Å². The minimum atomic E-state index is -0.261. The van der Waals surface area contributed by atoms with Crippen molar-refractivity contribution in [2.24, 2.45) is 0 Å². The third-order valence-corrected chi connectivity index (χ3v) is 3.82. The Labute approximate surface area is 131 Å². The number of nitriles is 1. The molecule has 114 valence electrons. The van der Waals surface area contributed by atoms with Crippen LogP contribution in [0.15, 0.2) is 23.1 Å². The van der Waals surface area contributed by atoms with Gasteiger partial charge in [-0.15, -0.1) is 11.8 Å². The van der Waals surface area contributed by atoms with Gasteiger partial charge < -0.3 is 9.64 Å². The Balaban J connectivity index is 3.10. The van der Waals surface area contributed by atoms with Gasteiger partial charge in [-0.05, 0) is 31.2 Å². The SMILES string of the molecule is CCCN(CC(=O)OCC)c1cccc(SCC)c1C#N. The van der Waals surface area contributed by atoms with E-state index in [4.69, 9.17) is 4.74 Å². The molecule has 0 spiro atoms. The molecule has 0 unspecified atom stereocenters. The molecule has 0 saturated heterocycles. The normalized spacial score (nSPS) is 10.0. The molecule has 0 aliphatic carbocycles. The smallest absolute Gasteiger partial charge is 0.325 e. The minimum absolute atomic E-state index is 0.177. The highest BCUT2D eigenvalue weighted by atomic mass is 32.2. The highest BCUT2D eigenvalue weighted by Crippen LogP contribution is 2.30. The molecule has 1 rings (SSSR count). The molecule has 0 aromatic heterocycles. The Morgan fingerprint density at radius 2 is 2.14 bits per heavy atom. The van der Waals surface area contributed by atoms with Gasteiger partial charge in [0.15, 0.2) is 0 Å². The quantitative estimate of drug-likeness (QED) is 0.544. The second-order valence-corrected chi connectivity index (χ2v) is 5.73. The fourth-order valence-corrected chi connectivity index (χ4v) is 2.87. The van der Waals surface area contributed by atoms with Crippen molar-refractivity contribution in [3.05, 3.63) is 23.8 Å². The summed E-state index contributed by atoms with van der Waals surface area (Å²) >= 11 is 1.64. The number of hydrogen-bond acceptors (Lipinski definition) is 5. The zero-order chi connectivity index (χ0) is 15.7. The van der Waals surface area contributed by atoms with E-state index in [0.29, 0.717) is 18.7 Å². The largest absolute Gasteiger partial charge is 0.465 e. The molecular weight excluding hydrogens is 284 g/mol. The number of benzene rings is 1. The number of ether oxygens (including phenoxy) is 1. The van der Waals surface area contributed by atoms with E-state index < -0.39 is 0 Å². The van der Waals surface area contributed by atoms with Gasteiger partial charge in [0, 0.05) is 11.4 Å². The molecule has 0 atom stereocenters. The number of esters is 1. The van der Waals surface area contributed by atoms with Crippen molar-refractivity contribution in [1.29, 1.82) is 5.26 Å². The molecule has 0 amide bonds. The number of carbonyl (C=O) groups excluding carboxylic acids is 1. The topological polar surface area (TPSA) is 53.3 Å². The third-order valence-electron chi connectivity index (χ3n) is 2.88. The van der Waals surface area contributed by atoms with Crippen LogP contribution in [0.2, 0.25) is 0 Å². The summed E-state index contributed by atoms with van der Waals surface area (Å²) < 4.78 is 5.02. The molecule has 0 radical (unpaired) electrons. The van der Waals surface area contributed by atoms with E-state index in [-0.39, 0.29) is 12.5 Å².